The van der Waals surface area contributed by atoms with E-state index in [2.05, 4.69) is 140 Å². The number of rotatable bonds is 5. The Morgan fingerprint density at radius 1 is 0.538 bits per heavy atom. The first-order valence-electron chi connectivity index (χ1n) is 14.3. The lowest BCUT2D eigenvalue weighted by atomic mass is 9.83. The van der Waals surface area contributed by atoms with Gasteiger partial charge in [-0.05, 0) is 83.3 Å². The Kier molecular flexibility index (Phi) is 7.11. The molecule has 1 aliphatic rings. The van der Waals surface area contributed by atoms with Gasteiger partial charge in [-0.2, -0.15) is 0 Å². The van der Waals surface area contributed by atoms with E-state index in [-0.39, 0.29) is 0 Å². The molecule has 5 aromatic rings. The first-order chi connectivity index (χ1) is 19.1. The van der Waals surface area contributed by atoms with E-state index in [0.29, 0.717) is 0 Å². The zero-order valence-corrected chi connectivity index (χ0v) is 23.4. The minimum atomic E-state index is 0.748. The van der Waals surface area contributed by atoms with Gasteiger partial charge in [-0.1, -0.05) is 67.8 Å². The third-order valence-electron chi connectivity index (χ3n) is 8.61. The van der Waals surface area contributed by atoms with E-state index < -0.39 is 0 Å². The Balaban J connectivity index is 1.38. The van der Waals surface area contributed by atoms with Gasteiger partial charge in [0, 0.05) is 24.3 Å². The number of aryl methyl sites for hydroxylation is 2. The van der Waals surface area contributed by atoms with Crippen LogP contribution in [0.15, 0.2) is 109 Å². The molecule has 1 saturated carbocycles. The Hall–Kier alpha value is -4.04. The molecule has 3 aromatic carbocycles. The van der Waals surface area contributed by atoms with Crippen LogP contribution < -0.4 is 9.13 Å². The van der Waals surface area contributed by atoms with Gasteiger partial charge in [0.25, 0.3) is 0 Å². The Morgan fingerprint density at radius 3 is 1.49 bits per heavy atom. The van der Waals surface area contributed by atoms with Crippen LogP contribution in [0.4, 0.5) is 0 Å². The summed E-state index contributed by atoms with van der Waals surface area (Å²) in [6.45, 7) is 2.24. The maximum Gasteiger partial charge on any atom is 0.212 e. The van der Waals surface area contributed by atoms with Gasteiger partial charge >= 0.3 is 0 Å². The van der Waals surface area contributed by atoms with E-state index in [1.54, 1.807) is 0 Å². The SMILES string of the molecule is Cc1c(-c2cccc[n+]2C)cc(-c2ccc(-c3ccc(C4CCCCC4)cc3)cc2)cc1-c1cccc[n+]1C. The highest BCUT2D eigenvalue weighted by Gasteiger charge is 2.21. The highest BCUT2D eigenvalue weighted by Crippen LogP contribution is 2.36. The summed E-state index contributed by atoms with van der Waals surface area (Å²) in [4.78, 5) is 0. The molecule has 0 N–H and O–H groups in total. The summed E-state index contributed by atoms with van der Waals surface area (Å²) in [5.41, 5.74) is 12.8. The fourth-order valence-electron chi connectivity index (χ4n) is 6.26. The maximum absolute atomic E-state index is 2.36. The largest absolute Gasteiger partial charge is 0.212 e. The Labute approximate surface area is 233 Å². The van der Waals surface area contributed by atoms with Gasteiger partial charge in [0.2, 0.25) is 11.4 Å². The van der Waals surface area contributed by atoms with Gasteiger partial charge in [-0.3, -0.25) is 0 Å². The second-order valence-electron chi connectivity index (χ2n) is 11.1. The number of pyridine rings is 2. The number of hydrogen-bond donors (Lipinski definition) is 0. The van der Waals surface area contributed by atoms with Crippen LogP contribution in [0.3, 0.4) is 0 Å². The average molecular weight is 511 g/mol. The molecule has 0 aliphatic heterocycles. The summed E-state index contributed by atoms with van der Waals surface area (Å²) in [6.07, 6.45) is 11.1. The molecule has 1 fully saturated rings. The van der Waals surface area contributed by atoms with Gasteiger partial charge < -0.3 is 0 Å². The topological polar surface area (TPSA) is 7.76 Å². The monoisotopic (exact) mass is 510 g/mol. The summed E-state index contributed by atoms with van der Waals surface area (Å²) < 4.78 is 4.42. The van der Waals surface area contributed by atoms with Crippen LogP contribution in [-0.2, 0) is 14.1 Å². The van der Waals surface area contributed by atoms with Crippen LogP contribution in [0.25, 0.3) is 44.8 Å². The molecule has 2 aromatic heterocycles. The predicted octanol–water partition coefficient (Wildman–Crippen LogP) is 8.36. The average Bonchev–Trinajstić information content (AvgIpc) is 2.99. The molecule has 6 rings (SSSR count). The van der Waals surface area contributed by atoms with Crippen molar-refractivity contribution in [3.63, 3.8) is 0 Å². The summed E-state index contributed by atoms with van der Waals surface area (Å²) >= 11 is 0. The van der Waals surface area contributed by atoms with Gasteiger partial charge in [0.05, 0.1) is 11.1 Å². The van der Waals surface area contributed by atoms with E-state index in [4.69, 9.17) is 0 Å². The fourth-order valence-corrected chi connectivity index (χ4v) is 6.26. The van der Waals surface area contributed by atoms with Crippen LogP contribution in [-0.4, -0.2) is 0 Å². The standard InChI is InChI=1S/C37H38N2/c1-27-34(36-13-7-9-23-38(36)2)25-33(26-35(27)37-14-8-10-24-39(37)3)32-21-19-31(20-22-32)30-17-15-29(16-18-30)28-11-5-4-6-12-28/h7-10,13-26,28H,4-6,11-12H2,1-3H3/q+2. The molecule has 2 heterocycles. The Bertz CT molecular complexity index is 1520. The number of aromatic nitrogens is 2. The van der Waals surface area contributed by atoms with E-state index in [0.717, 1.165) is 5.92 Å². The van der Waals surface area contributed by atoms with E-state index in [9.17, 15) is 0 Å². The zero-order valence-electron chi connectivity index (χ0n) is 23.4. The van der Waals surface area contributed by atoms with Crippen molar-refractivity contribution < 1.29 is 9.13 Å². The molecule has 0 amide bonds. The molecule has 194 valence electrons. The molecule has 0 radical (unpaired) electrons. The number of hydrogen-bond acceptors (Lipinski definition) is 0. The van der Waals surface area contributed by atoms with E-state index in [1.807, 2.05) is 0 Å². The normalized spacial score (nSPS) is 13.9. The number of nitrogens with zero attached hydrogens (tertiary/aromatic N) is 2. The van der Waals surface area contributed by atoms with Crippen molar-refractivity contribution in [1.82, 2.24) is 0 Å². The molecule has 2 heteroatoms. The van der Waals surface area contributed by atoms with Crippen molar-refractivity contribution in [2.75, 3.05) is 0 Å². The smallest absolute Gasteiger partial charge is 0.201 e. The summed E-state index contributed by atoms with van der Waals surface area (Å²) in [7, 11) is 4.25. The molecule has 0 bridgehead atoms. The first kappa shape index (κ1) is 25.2. The second-order valence-corrected chi connectivity index (χ2v) is 11.1. The molecule has 0 atom stereocenters. The summed E-state index contributed by atoms with van der Waals surface area (Å²) in [5.74, 6) is 0.748. The third kappa shape index (κ3) is 5.16. The highest BCUT2D eigenvalue weighted by atomic mass is 14.9. The second kappa shape index (κ2) is 11.0. The zero-order chi connectivity index (χ0) is 26.8. The van der Waals surface area contributed by atoms with Crippen molar-refractivity contribution in [2.45, 2.75) is 44.9 Å². The third-order valence-corrected chi connectivity index (χ3v) is 8.61. The van der Waals surface area contributed by atoms with Crippen molar-refractivity contribution in [3.05, 3.63) is 121 Å². The predicted molar refractivity (Wildman–Crippen MR) is 161 cm³/mol. The van der Waals surface area contributed by atoms with Gasteiger partial charge in [-0.25, -0.2) is 9.13 Å². The molecule has 2 nitrogen and oxygen atoms in total. The molecular weight excluding hydrogens is 472 g/mol. The molecule has 0 saturated heterocycles. The lowest BCUT2D eigenvalue weighted by Gasteiger charge is -2.22. The van der Waals surface area contributed by atoms with Crippen LogP contribution in [0.2, 0.25) is 0 Å². The van der Waals surface area contributed by atoms with Gasteiger partial charge in [0.15, 0.2) is 12.4 Å². The molecule has 39 heavy (non-hydrogen) atoms. The van der Waals surface area contributed by atoms with Crippen molar-refractivity contribution in [1.29, 1.82) is 0 Å². The van der Waals surface area contributed by atoms with Crippen molar-refractivity contribution in [3.8, 4) is 44.8 Å². The van der Waals surface area contributed by atoms with Gasteiger partial charge in [-0.15, -0.1) is 0 Å². The number of benzene rings is 3. The lowest BCUT2D eigenvalue weighted by molar-refractivity contribution is -0.660. The van der Waals surface area contributed by atoms with Crippen molar-refractivity contribution in [2.24, 2.45) is 14.1 Å². The van der Waals surface area contributed by atoms with Crippen LogP contribution in [0, 0.1) is 6.92 Å². The molecule has 1 aliphatic carbocycles. The minimum Gasteiger partial charge on any atom is -0.201 e. The summed E-state index contributed by atoms with van der Waals surface area (Å²) in [5, 5.41) is 0. The molecule has 0 spiro atoms. The lowest BCUT2D eigenvalue weighted by Crippen LogP contribution is -2.31. The Morgan fingerprint density at radius 2 is 1.00 bits per heavy atom. The maximum atomic E-state index is 2.36. The van der Waals surface area contributed by atoms with E-state index >= 15 is 0 Å². The first-order valence-corrected chi connectivity index (χ1v) is 14.3. The van der Waals surface area contributed by atoms with Crippen molar-refractivity contribution >= 4 is 0 Å². The van der Waals surface area contributed by atoms with Gasteiger partial charge in [0.1, 0.15) is 14.1 Å². The fraction of sp³-hybridized carbons (Fsp3) is 0.243. The molecule has 0 unspecified atom stereocenters. The highest BCUT2D eigenvalue weighted by molar-refractivity contribution is 5.82. The van der Waals surface area contributed by atoms with Crippen LogP contribution in [0.1, 0.15) is 49.1 Å². The summed E-state index contributed by atoms with van der Waals surface area (Å²) in [6, 6.07) is 36.0. The van der Waals surface area contributed by atoms with Crippen LogP contribution in [0.5, 0.6) is 0 Å². The quantitative estimate of drug-likeness (QED) is 0.210. The molecular formula is C37H38N2+2. The van der Waals surface area contributed by atoms with E-state index in [1.165, 1.54) is 88.0 Å². The van der Waals surface area contributed by atoms with Crippen LogP contribution >= 0.6 is 0 Å². The minimum absolute atomic E-state index is 0.748.